The number of amides is 1. The van der Waals surface area contributed by atoms with E-state index in [1.54, 1.807) is 0 Å². The Kier molecular flexibility index (Phi) is 6.22. The van der Waals surface area contributed by atoms with E-state index in [1.165, 1.54) is 22.3 Å². The van der Waals surface area contributed by atoms with E-state index in [1.807, 2.05) is 49.9 Å². The number of benzene rings is 3. The quantitative estimate of drug-likeness (QED) is 0.409. The summed E-state index contributed by atoms with van der Waals surface area (Å²) in [5.41, 5.74) is 4.54. The van der Waals surface area contributed by atoms with Gasteiger partial charge in [0.25, 0.3) is 0 Å². The second-order valence-electron chi connectivity index (χ2n) is 12.1. The predicted molar refractivity (Wildman–Crippen MR) is 148 cm³/mol. The van der Waals surface area contributed by atoms with E-state index in [0.717, 1.165) is 30.6 Å². The van der Waals surface area contributed by atoms with Gasteiger partial charge in [-0.2, -0.15) is 0 Å². The topological polar surface area (TPSA) is 59.0 Å². The Balaban J connectivity index is 1.16. The number of fused-ring (bicyclic) bond motifs is 5. The maximum absolute atomic E-state index is 13.5. The van der Waals surface area contributed by atoms with Crippen LogP contribution in [0, 0.1) is 0 Å². The van der Waals surface area contributed by atoms with Crippen LogP contribution in [-0.4, -0.2) is 40.4 Å². The number of aliphatic hydroxyl groups is 1. The van der Waals surface area contributed by atoms with Gasteiger partial charge in [-0.15, -0.1) is 0 Å². The molecule has 3 aromatic rings. The van der Waals surface area contributed by atoms with Crippen LogP contribution in [0.5, 0.6) is 5.75 Å². The predicted octanol–water partition coefficient (Wildman–Crippen LogP) is 7.02. The fraction of sp³-hybridized carbons (Fsp3) is 0.424. The van der Waals surface area contributed by atoms with Gasteiger partial charge >= 0.3 is 6.09 Å². The first-order valence-electron chi connectivity index (χ1n) is 13.9. The average Bonchev–Trinajstić information content (AvgIpc) is 3.20. The van der Waals surface area contributed by atoms with Crippen LogP contribution in [0.25, 0.3) is 11.1 Å². The molecular weight excluding hydrogens is 474 g/mol. The number of carbonyl (C=O) groups is 1. The highest BCUT2D eigenvalue weighted by Gasteiger charge is 2.49. The maximum atomic E-state index is 13.5. The van der Waals surface area contributed by atoms with Crippen molar-refractivity contribution in [1.82, 2.24) is 4.90 Å². The molecule has 1 amide bonds. The highest BCUT2D eigenvalue weighted by molar-refractivity contribution is 5.79. The molecule has 38 heavy (non-hydrogen) atoms. The number of ether oxygens (including phenoxy) is 2. The van der Waals surface area contributed by atoms with Crippen LogP contribution in [0.4, 0.5) is 4.79 Å². The van der Waals surface area contributed by atoms with Crippen molar-refractivity contribution in [1.29, 1.82) is 0 Å². The molecule has 6 rings (SSSR count). The smallest absolute Gasteiger partial charge is 0.410 e. The summed E-state index contributed by atoms with van der Waals surface area (Å²) in [5.74, 6) is 0.836. The molecule has 2 aliphatic heterocycles. The lowest BCUT2D eigenvalue weighted by atomic mass is 9.72. The first-order chi connectivity index (χ1) is 18.2. The van der Waals surface area contributed by atoms with Crippen molar-refractivity contribution in [3.63, 3.8) is 0 Å². The van der Waals surface area contributed by atoms with Gasteiger partial charge in [-0.05, 0) is 80.0 Å². The van der Waals surface area contributed by atoms with Gasteiger partial charge in [0, 0.05) is 30.8 Å². The monoisotopic (exact) mass is 511 g/mol. The summed E-state index contributed by atoms with van der Waals surface area (Å²) >= 11 is 0. The minimum absolute atomic E-state index is 0.0337. The average molecular weight is 512 g/mol. The summed E-state index contributed by atoms with van der Waals surface area (Å²) in [7, 11) is 0. The van der Waals surface area contributed by atoms with Crippen LogP contribution in [-0.2, 0) is 10.3 Å². The number of nitrogens with zero attached hydrogens (tertiary/aromatic N) is 1. The number of rotatable bonds is 4. The molecule has 2 unspecified atom stereocenters. The maximum Gasteiger partial charge on any atom is 0.410 e. The second-order valence-corrected chi connectivity index (χ2v) is 12.1. The fourth-order valence-corrected chi connectivity index (χ4v) is 6.82. The Bertz CT molecular complexity index is 1270. The van der Waals surface area contributed by atoms with E-state index < -0.39 is 5.60 Å². The molecule has 2 heterocycles. The van der Waals surface area contributed by atoms with Gasteiger partial charge in [-0.1, -0.05) is 60.7 Å². The zero-order valence-electron chi connectivity index (χ0n) is 22.5. The SMILES string of the molecule is CC(C)(C)Oc1ccc(C2(O)CC3CCCC(C2)N3C(=O)OCC2c3ccccc3-c3ccccc32)cc1. The van der Waals surface area contributed by atoms with Crippen molar-refractivity contribution < 1.29 is 19.4 Å². The van der Waals surface area contributed by atoms with Crippen LogP contribution in [0.3, 0.4) is 0 Å². The molecule has 1 N–H and O–H groups in total. The van der Waals surface area contributed by atoms with Gasteiger partial charge in [-0.3, -0.25) is 0 Å². The lowest BCUT2D eigenvalue weighted by Crippen LogP contribution is -2.59. The van der Waals surface area contributed by atoms with E-state index in [4.69, 9.17) is 9.47 Å². The van der Waals surface area contributed by atoms with Crippen molar-refractivity contribution in [2.75, 3.05) is 6.61 Å². The summed E-state index contributed by atoms with van der Waals surface area (Å²) in [6.07, 6.45) is 3.62. The normalized spacial score (nSPS) is 24.5. The Morgan fingerprint density at radius 2 is 1.45 bits per heavy atom. The second kappa shape index (κ2) is 9.46. The van der Waals surface area contributed by atoms with Crippen LogP contribution >= 0.6 is 0 Å². The number of carbonyl (C=O) groups excluding carboxylic acids is 1. The van der Waals surface area contributed by atoms with Crippen molar-refractivity contribution in [3.8, 4) is 16.9 Å². The zero-order chi connectivity index (χ0) is 26.5. The molecule has 2 saturated heterocycles. The molecular formula is C33H37NO4. The van der Waals surface area contributed by atoms with E-state index in [0.29, 0.717) is 19.4 Å². The van der Waals surface area contributed by atoms with Crippen LogP contribution < -0.4 is 4.74 Å². The van der Waals surface area contributed by atoms with Gasteiger partial charge in [0.15, 0.2) is 0 Å². The van der Waals surface area contributed by atoms with Gasteiger partial charge < -0.3 is 19.5 Å². The van der Waals surface area contributed by atoms with E-state index in [9.17, 15) is 9.90 Å². The first kappa shape index (κ1) is 25.0. The Hall–Kier alpha value is -3.31. The van der Waals surface area contributed by atoms with Gasteiger partial charge in [0.2, 0.25) is 0 Å². The standard InChI is InChI=1S/C33H37NO4/c1-32(2,3)38-25-17-15-22(16-18-25)33(36)19-23-9-8-10-24(20-33)34(23)31(35)37-21-30-28-13-6-4-11-26(28)27-12-5-7-14-29(27)30/h4-7,11-18,23-24,30,36H,8-10,19-21H2,1-3H3. The molecule has 5 nitrogen and oxygen atoms in total. The third-order valence-electron chi connectivity index (χ3n) is 8.37. The first-order valence-corrected chi connectivity index (χ1v) is 13.9. The molecule has 0 radical (unpaired) electrons. The van der Waals surface area contributed by atoms with Crippen molar-refractivity contribution >= 4 is 6.09 Å². The molecule has 0 aromatic heterocycles. The van der Waals surface area contributed by atoms with Crippen LogP contribution in [0.15, 0.2) is 72.8 Å². The number of hydrogen-bond acceptors (Lipinski definition) is 4. The number of piperidine rings is 2. The summed E-state index contributed by atoms with van der Waals surface area (Å²) in [6, 6.07) is 24.6. The summed E-state index contributed by atoms with van der Waals surface area (Å²) < 4.78 is 12.0. The van der Waals surface area contributed by atoms with Gasteiger partial charge in [-0.25, -0.2) is 4.79 Å². The lowest BCUT2D eigenvalue weighted by molar-refractivity contribution is -0.0891. The van der Waals surface area contributed by atoms with Gasteiger partial charge in [0.05, 0.1) is 5.60 Å². The lowest BCUT2D eigenvalue weighted by Gasteiger charge is -2.51. The van der Waals surface area contributed by atoms with Crippen molar-refractivity contribution in [3.05, 3.63) is 89.5 Å². The highest BCUT2D eigenvalue weighted by Crippen LogP contribution is 2.47. The largest absolute Gasteiger partial charge is 0.488 e. The molecule has 5 heteroatoms. The Morgan fingerprint density at radius 1 is 0.895 bits per heavy atom. The minimum atomic E-state index is -0.962. The van der Waals surface area contributed by atoms with Crippen molar-refractivity contribution in [2.24, 2.45) is 0 Å². The molecule has 3 aliphatic rings. The fourth-order valence-electron chi connectivity index (χ4n) is 6.82. The molecule has 2 atom stereocenters. The molecule has 2 fully saturated rings. The van der Waals surface area contributed by atoms with E-state index in [-0.39, 0.29) is 29.7 Å². The van der Waals surface area contributed by atoms with E-state index >= 15 is 0 Å². The Morgan fingerprint density at radius 3 is 2.00 bits per heavy atom. The Labute approximate surface area is 225 Å². The number of hydrogen-bond donors (Lipinski definition) is 1. The third kappa shape index (κ3) is 4.58. The molecule has 1 aliphatic carbocycles. The van der Waals surface area contributed by atoms with E-state index in [2.05, 4.69) is 48.5 Å². The third-order valence-corrected chi connectivity index (χ3v) is 8.37. The minimum Gasteiger partial charge on any atom is -0.488 e. The van der Waals surface area contributed by atoms with Gasteiger partial charge in [0.1, 0.15) is 18.0 Å². The summed E-state index contributed by atoms with van der Waals surface area (Å²) in [6.45, 7) is 6.39. The van der Waals surface area contributed by atoms with Crippen LogP contribution in [0.2, 0.25) is 0 Å². The molecule has 0 saturated carbocycles. The summed E-state index contributed by atoms with van der Waals surface area (Å²) in [4.78, 5) is 15.5. The molecule has 0 spiro atoms. The van der Waals surface area contributed by atoms with Crippen molar-refractivity contribution in [2.45, 2.75) is 82.1 Å². The molecule has 3 aromatic carbocycles. The molecule has 2 bridgehead atoms. The highest BCUT2D eigenvalue weighted by atomic mass is 16.6. The zero-order valence-corrected chi connectivity index (χ0v) is 22.5. The van der Waals surface area contributed by atoms with Crippen LogP contribution in [0.1, 0.15) is 75.5 Å². The molecule has 198 valence electrons. The summed E-state index contributed by atoms with van der Waals surface area (Å²) in [5, 5.41) is 11.8.